The minimum Gasteiger partial charge on any atom is -0.334 e. The first-order valence-corrected chi connectivity index (χ1v) is 10.6. The summed E-state index contributed by atoms with van der Waals surface area (Å²) < 4.78 is 22.2. The molecule has 1 heterocycles. The van der Waals surface area contributed by atoms with E-state index in [-0.39, 0.29) is 18.6 Å². The summed E-state index contributed by atoms with van der Waals surface area (Å²) in [5, 5.41) is 13.2. The summed E-state index contributed by atoms with van der Waals surface area (Å²) in [5.74, 6) is 0.462. The van der Waals surface area contributed by atoms with Crippen molar-refractivity contribution in [1.82, 2.24) is 10.2 Å². The van der Waals surface area contributed by atoms with Gasteiger partial charge in [0, 0.05) is 24.8 Å². The lowest BCUT2D eigenvalue weighted by molar-refractivity contribution is 0.132. The first-order valence-electron chi connectivity index (χ1n) is 8.32. The Labute approximate surface area is 159 Å². The van der Waals surface area contributed by atoms with Gasteiger partial charge in [-0.15, -0.1) is 0 Å². The molecule has 2 atom stereocenters. The van der Waals surface area contributed by atoms with E-state index >= 15 is 0 Å². The van der Waals surface area contributed by atoms with Crippen molar-refractivity contribution in [2.75, 3.05) is 19.3 Å². The van der Waals surface area contributed by atoms with Crippen LogP contribution in [-0.2, 0) is 9.84 Å². The molecule has 1 aliphatic heterocycles. The molecule has 1 saturated heterocycles. The molecule has 0 spiro atoms. The van der Waals surface area contributed by atoms with Crippen molar-refractivity contribution >= 4 is 27.5 Å². The van der Waals surface area contributed by atoms with Crippen molar-refractivity contribution in [2.45, 2.75) is 25.8 Å². The molecule has 1 N–H and O–H groups in total. The number of urea groups is 1. The van der Waals surface area contributed by atoms with E-state index in [1.165, 1.54) is 6.08 Å². The Morgan fingerprint density at radius 2 is 2.23 bits per heavy atom. The van der Waals surface area contributed by atoms with Gasteiger partial charge >= 0.3 is 6.03 Å². The Balaban J connectivity index is 2.14. The Morgan fingerprint density at radius 1 is 1.50 bits per heavy atom. The van der Waals surface area contributed by atoms with Gasteiger partial charge in [-0.05, 0) is 36.5 Å². The van der Waals surface area contributed by atoms with Crippen LogP contribution in [0.25, 0.3) is 0 Å². The number of carbonyl (C=O) groups excluding carboxylic acids is 1. The van der Waals surface area contributed by atoms with Crippen LogP contribution in [-0.4, -0.2) is 38.7 Å². The summed E-state index contributed by atoms with van der Waals surface area (Å²) in [5.41, 5.74) is 1.29. The molecule has 1 aromatic carbocycles. The van der Waals surface area contributed by atoms with E-state index in [2.05, 4.69) is 12.2 Å². The van der Waals surface area contributed by atoms with Crippen LogP contribution in [0.3, 0.4) is 0 Å². The highest BCUT2D eigenvalue weighted by molar-refractivity contribution is 7.93. The van der Waals surface area contributed by atoms with Crippen LogP contribution >= 0.6 is 11.6 Å². The first kappa shape index (κ1) is 20.3. The number of likely N-dealkylation sites (tertiary alicyclic amines) is 1. The van der Waals surface area contributed by atoms with Gasteiger partial charge in [0.05, 0.1) is 16.6 Å². The predicted octanol–water partition coefficient (Wildman–Crippen LogP) is 3.25. The second-order valence-corrected chi connectivity index (χ2v) is 8.92. The normalized spacial score (nSPS) is 20.8. The lowest BCUT2D eigenvalue weighted by atomic mass is 9.88. The van der Waals surface area contributed by atoms with Gasteiger partial charge in [-0.2, -0.15) is 5.26 Å². The standard InChI is InChI=1S/C18H22ClN3O3S/c1-13-6-8-22(18(23)21-7-3-9-26(2,24)25)17(10-13)14-4-5-15(12-20)16(19)11-14/h3-5,9,11,13,17H,6-8,10H2,1-2H3,(H,21,23)/b9-3+/t13-,17+/m0/s1. The van der Waals surface area contributed by atoms with Gasteiger partial charge in [0.15, 0.2) is 9.84 Å². The van der Waals surface area contributed by atoms with Gasteiger partial charge in [0.2, 0.25) is 0 Å². The topological polar surface area (TPSA) is 90.3 Å². The van der Waals surface area contributed by atoms with Crippen LogP contribution in [0, 0.1) is 17.2 Å². The number of halogens is 1. The highest BCUT2D eigenvalue weighted by Crippen LogP contribution is 2.35. The average molecular weight is 396 g/mol. The second kappa shape index (κ2) is 8.56. The largest absolute Gasteiger partial charge is 0.334 e. The third-order valence-corrected chi connectivity index (χ3v) is 5.34. The fourth-order valence-corrected chi connectivity index (χ4v) is 3.68. The zero-order valence-corrected chi connectivity index (χ0v) is 16.3. The van der Waals surface area contributed by atoms with E-state index in [0.29, 0.717) is 23.0 Å². The van der Waals surface area contributed by atoms with Crippen LogP contribution in [0.1, 0.15) is 36.9 Å². The van der Waals surface area contributed by atoms with Crippen LogP contribution < -0.4 is 5.32 Å². The van der Waals surface area contributed by atoms with Gasteiger partial charge in [-0.25, -0.2) is 13.2 Å². The molecule has 0 bridgehead atoms. The molecule has 1 aliphatic rings. The molecule has 8 heteroatoms. The fourth-order valence-electron chi connectivity index (χ4n) is 3.00. The Bertz CT molecular complexity index is 846. The van der Waals surface area contributed by atoms with E-state index < -0.39 is 9.84 Å². The molecular weight excluding hydrogens is 374 g/mol. The summed E-state index contributed by atoms with van der Waals surface area (Å²) in [6.45, 7) is 2.88. The fraction of sp³-hybridized carbons (Fsp3) is 0.444. The molecule has 2 amide bonds. The summed E-state index contributed by atoms with van der Waals surface area (Å²) >= 11 is 6.15. The number of carbonyl (C=O) groups is 1. The van der Waals surface area contributed by atoms with Crippen LogP contribution in [0.5, 0.6) is 0 Å². The smallest absolute Gasteiger partial charge is 0.318 e. The zero-order valence-electron chi connectivity index (χ0n) is 14.8. The van der Waals surface area contributed by atoms with Gasteiger partial charge in [0.25, 0.3) is 0 Å². The quantitative estimate of drug-likeness (QED) is 0.847. The number of nitrogens with zero attached hydrogens (tertiary/aromatic N) is 2. The molecule has 0 saturated carbocycles. The van der Waals surface area contributed by atoms with E-state index in [1.54, 1.807) is 17.0 Å². The number of amides is 2. The third kappa shape index (κ3) is 5.48. The molecule has 0 aliphatic carbocycles. The second-order valence-electron chi connectivity index (χ2n) is 6.58. The maximum atomic E-state index is 12.6. The van der Waals surface area contributed by atoms with Crippen LogP contribution in [0.15, 0.2) is 29.7 Å². The molecule has 0 radical (unpaired) electrons. The molecule has 1 aromatic rings. The predicted molar refractivity (Wildman–Crippen MR) is 101 cm³/mol. The molecule has 6 nitrogen and oxygen atoms in total. The number of benzene rings is 1. The molecule has 140 valence electrons. The number of hydrogen-bond donors (Lipinski definition) is 1. The van der Waals surface area contributed by atoms with E-state index in [0.717, 1.165) is 30.1 Å². The summed E-state index contributed by atoms with van der Waals surface area (Å²) in [4.78, 5) is 14.3. The van der Waals surface area contributed by atoms with Crippen molar-refractivity contribution in [1.29, 1.82) is 5.26 Å². The summed E-state index contributed by atoms with van der Waals surface area (Å²) in [7, 11) is -3.21. The van der Waals surface area contributed by atoms with E-state index in [9.17, 15) is 13.2 Å². The highest BCUT2D eigenvalue weighted by Gasteiger charge is 2.31. The first-order chi connectivity index (χ1) is 12.2. The highest BCUT2D eigenvalue weighted by atomic mass is 35.5. The monoisotopic (exact) mass is 395 g/mol. The Morgan fingerprint density at radius 3 is 2.85 bits per heavy atom. The minimum absolute atomic E-state index is 0.136. The molecular formula is C18H22ClN3O3S. The van der Waals surface area contributed by atoms with Crippen molar-refractivity contribution in [3.63, 3.8) is 0 Å². The van der Waals surface area contributed by atoms with Gasteiger partial charge < -0.3 is 10.2 Å². The van der Waals surface area contributed by atoms with E-state index in [1.807, 2.05) is 12.1 Å². The van der Waals surface area contributed by atoms with Crippen molar-refractivity contribution in [3.05, 3.63) is 45.8 Å². The van der Waals surface area contributed by atoms with Crippen LogP contribution in [0.4, 0.5) is 4.79 Å². The lowest BCUT2D eigenvalue weighted by Gasteiger charge is -2.38. The van der Waals surface area contributed by atoms with Gasteiger partial charge in [0.1, 0.15) is 6.07 Å². The number of rotatable bonds is 4. The molecule has 0 aromatic heterocycles. The molecule has 26 heavy (non-hydrogen) atoms. The Kier molecular flexibility index (Phi) is 6.68. The maximum absolute atomic E-state index is 12.6. The summed E-state index contributed by atoms with van der Waals surface area (Å²) in [6.07, 6.45) is 4.21. The van der Waals surface area contributed by atoms with Crippen LogP contribution in [0.2, 0.25) is 5.02 Å². The van der Waals surface area contributed by atoms with E-state index in [4.69, 9.17) is 16.9 Å². The molecule has 1 fully saturated rings. The van der Waals surface area contributed by atoms with Crippen molar-refractivity contribution in [2.24, 2.45) is 5.92 Å². The van der Waals surface area contributed by atoms with Crippen molar-refractivity contribution in [3.8, 4) is 6.07 Å². The zero-order chi connectivity index (χ0) is 19.3. The number of piperidine rings is 1. The third-order valence-electron chi connectivity index (χ3n) is 4.34. The number of hydrogen-bond acceptors (Lipinski definition) is 4. The number of sulfone groups is 1. The van der Waals surface area contributed by atoms with Gasteiger partial charge in [-0.1, -0.05) is 30.7 Å². The average Bonchev–Trinajstić information content (AvgIpc) is 2.57. The SMILES string of the molecule is C[C@H]1CCN(C(=O)NC/C=C/S(C)(=O)=O)[C@@H](c2ccc(C#N)c(Cl)c2)C1. The maximum Gasteiger partial charge on any atom is 0.318 e. The molecule has 2 rings (SSSR count). The summed E-state index contributed by atoms with van der Waals surface area (Å²) in [6, 6.07) is 6.89. The number of nitrogens with one attached hydrogen (secondary N) is 1. The number of nitriles is 1. The lowest BCUT2D eigenvalue weighted by Crippen LogP contribution is -2.46. The Hall–Kier alpha value is -2.04. The molecule has 0 unspecified atom stereocenters. The minimum atomic E-state index is -3.21. The van der Waals surface area contributed by atoms with Gasteiger partial charge in [-0.3, -0.25) is 0 Å². The van der Waals surface area contributed by atoms with Crippen molar-refractivity contribution < 1.29 is 13.2 Å².